The molecule has 190 valence electrons. The highest BCUT2D eigenvalue weighted by Crippen LogP contribution is 2.26. The summed E-state index contributed by atoms with van der Waals surface area (Å²) in [7, 11) is -4.22. The highest BCUT2D eigenvalue weighted by molar-refractivity contribution is 7.89. The summed E-state index contributed by atoms with van der Waals surface area (Å²) in [4.78, 5) is 13.3. The van der Waals surface area contributed by atoms with E-state index in [1.54, 1.807) is 0 Å². The molecule has 37 heavy (non-hydrogen) atoms. The van der Waals surface area contributed by atoms with Gasteiger partial charge in [-0.15, -0.1) is 0 Å². The van der Waals surface area contributed by atoms with Crippen molar-refractivity contribution < 1.29 is 17.6 Å². The average molecular weight is 557 g/mol. The van der Waals surface area contributed by atoms with Gasteiger partial charge < -0.3 is 5.32 Å². The maximum Gasteiger partial charge on any atom is 0.243 e. The number of rotatable bonds is 9. The average Bonchev–Trinajstić information content (AvgIpc) is 2.90. The number of nitrogens with zero attached hydrogens (tertiary/aromatic N) is 1. The molecule has 0 radical (unpaired) electrons. The van der Waals surface area contributed by atoms with Crippen LogP contribution in [0, 0.1) is 5.82 Å². The van der Waals surface area contributed by atoms with Crippen LogP contribution in [-0.2, 0) is 21.4 Å². The van der Waals surface area contributed by atoms with Crippen LogP contribution in [0.1, 0.15) is 22.7 Å². The van der Waals surface area contributed by atoms with E-state index in [9.17, 15) is 17.6 Å². The van der Waals surface area contributed by atoms with E-state index in [1.165, 1.54) is 42.5 Å². The van der Waals surface area contributed by atoms with Crippen molar-refractivity contribution in [3.05, 3.63) is 136 Å². The van der Waals surface area contributed by atoms with Crippen LogP contribution in [0.25, 0.3) is 0 Å². The first kappa shape index (κ1) is 26.8. The molecule has 1 amide bonds. The Hall–Kier alpha value is -3.23. The van der Waals surface area contributed by atoms with E-state index in [0.717, 1.165) is 15.4 Å². The van der Waals surface area contributed by atoms with E-state index in [0.29, 0.717) is 5.02 Å². The molecule has 1 N–H and O–H groups in total. The summed E-state index contributed by atoms with van der Waals surface area (Å²) >= 11 is 12.1. The predicted octanol–water partition coefficient (Wildman–Crippen LogP) is 6.23. The van der Waals surface area contributed by atoms with Crippen LogP contribution >= 0.6 is 23.2 Å². The van der Waals surface area contributed by atoms with Crippen LogP contribution in [0.15, 0.2) is 108 Å². The Morgan fingerprint density at radius 1 is 0.811 bits per heavy atom. The first-order chi connectivity index (χ1) is 17.8. The molecular weight excluding hydrogens is 534 g/mol. The third-order valence-corrected chi connectivity index (χ3v) is 8.15. The molecule has 4 aromatic carbocycles. The van der Waals surface area contributed by atoms with Gasteiger partial charge in [0.25, 0.3) is 0 Å². The van der Waals surface area contributed by atoms with Crippen LogP contribution in [0.3, 0.4) is 0 Å². The lowest BCUT2D eigenvalue weighted by molar-refractivity contribution is -0.121. The fraction of sp³-hybridized carbons (Fsp3) is 0.107. The van der Waals surface area contributed by atoms with Gasteiger partial charge in [-0.3, -0.25) is 4.79 Å². The normalized spacial score (nSPS) is 11.6. The highest BCUT2D eigenvalue weighted by atomic mass is 35.5. The van der Waals surface area contributed by atoms with Gasteiger partial charge in [0.15, 0.2) is 0 Å². The Labute approximate surface area is 225 Å². The van der Waals surface area contributed by atoms with Crippen molar-refractivity contribution in [2.24, 2.45) is 0 Å². The number of carbonyl (C=O) groups excluding carboxylic acids is 1. The fourth-order valence-electron chi connectivity index (χ4n) is 3.86. The van der Waals surface area contributed by atoms with E-state index in [1.807, 2.05) is 60.7 Å². The van der Waals surface area contributed by atoms with Crippen molar-refractivity contribution in [3.8, 4) is 0 Å². The second kappa shape index (κ2) is 11.9. The van der Waals surface area contributed by atoms with E-state index >= 15 is 0 Å². The van der Waals surface area contributed by atoms with Gasteiger partial charge in [-0.1, -0.05) is 89.9 Å². The number of amides is 1. The topological polar surface area (TPSA) is 66.5 Å². The van der Waals surface area contributed by atoms with Crippen LogP contribution in [0.4, 0.5) is 4.39 Å². The van der Waals surface area contributed by atoms with Crippen molar-refractivity contribution in [1.29, 1.82) is 0 Å². The van der Waals surface area contributed by atoms with Crippen LogP contribution in [0.5, 0.6) is 0 Å². The lowest BCUT2D eigenvalue weighted by Gasteiger charge is -2.25. The molecule has 0 fully saturated rings. The second-order valence-corrected chi connectivity index (χ2v) is 11.0. The first-order valence-electron chi connectivity index (χ1n) is 11.3. The summed E-state index contributed by atoms with van der Waals surface area (Å²) in [5.74, 6) is -1.24. The lowest BCUT2D eigenvalue weighted by Crippen LogP contribution is -2.42. The smallest absolute Gasteiger partial charge is 0.243 e. The number of hydrogen-bond donors (Lipinski definition) is 1. The van der Waals surface area contributed by atoms with Crippen molar-refractivity contribution >= 4 is 39.1 Å². The summed E-state index contributed by atoms with van der Waals surface area (Å²) in [5, 5.41) is 3.35. The van der Waals surface area contributed by atoms with E-state index in [4.69, 9.17) is 23.2 Å². The molecule has 0 aliphatic rings. The molecule has 0 spiro atoms. The van der Waals surface area contributed by atoms with Gasteiger partial charge in [-0.05, 0) is 47.5 Å². The van der Waals surface area contributed by atoms with E-state index in [-0.39, 0.29) is 15.5 Å². The molecule has 0 saturated heterocycles. The summed E-state index contributed by atoms with van der Waals surface area (Å²) in [6.45, 7) is -1.00. The summed E-state index contributed by atoms with van der Waals surface area (Å²) in [6, 6.07) is 27.8. The standard InChI is InChI=1S/C28H23Cl2FN2O3S/c29-22-14-16-23(17-15-22)37(35,36)33(18-24-25(30)12-7-13-26(24)31)19-27(34)32-28(20-8-3-1-4-9-20)21-10-5-2-6-11-21/h1-17,28H,18-19H2,(H,32,34). The molecule has 0 bridgehead atoms. The minimum atomic E-state index is -4.22. The van der Waals surface area contributed by atoms with Gasteiger partial charge in [0, 0.05) is 22.2 Å². The van der Waals surface area contributed by atoms with Crippen molar-refractivity contribution in [3.63, 3.8) is 0 Å². The van der Waals surface area contributed by atoms with Gasteiger partial charge in [-0.2, -0.15) is 4.31 Å². The maximum atomic E-state index is 14.6. The van der Waals surface area contributed by atoms with Crippen LogP contribution < -0.4 is 5.32 Å². The SMILES string of the molecule is O=C(CN(Cc1c(F)cccc1Cl)S(=O)(=O)c1ccc(Cl)cc1)NC(c1ccccc1)c1ccccc1. The highest BCUT2D eigenvalue weighted by Gasteiger charge is 2.29. The molecule has 0 aliphatic heterocycles. The first-order valence-corrected chi connectivity index (χ1v) is 13.5. The zero-order chi connectivity index (χ0) is 26.4. The van der Waals surface area contributed by atoms with E-state index < -0.39 is 40.9 Å². The number of nitrogens with one attached hydrogen (secondary N) is 1. The molecule has 0 atom stereocenters. The number of carbonyl (C=O) groups is 1. The Bertz CT molecular complexity index is 1410. The predicted molar refractivity (Wildman–Crippen MR) is 143 cm³/mol. The number of halogens is 3. The molecule has 0 aliphatic carbocycles. The third-order valence-electron chi connectivity index (χ3n) is 5.74. The molecule has 9 heteroatoms. The third kappa shape index (κ3) is 6.56. The lowest BCUT2D eigenvalue weighted by atomic mass is 9.99. The second-order valence-electron chi connectivity index (χ2n) is 8.25. The van der Waals surface area contributed by atoms with Gasteiger partial charge in [0.2, 0.25) is 15.9 Å². The zero-order valence-corrected chi connectivity index (χ0v) is 21.8. The molecule has 0 heterocycles. The maximum absolute atomic E-state index is 14.6. The quantitative estimate of drug-likeness (QED) is 0.266. The largest absolute Gasteiger partial charge is 0.344 e. The molecule has 0 aromatic heterocycles. The Balaban J connectivity index is 1.67. The van der Waals surface area contributed by atoms with Crippen LogP contribution in [-0.4, -0.2) is 25.2 Å². The molecule has 5 nitrogen and oxygen atoms in total. The zero-order valence-electron chi connectivity index (χ0n) is 19.5. The van der Waals surface area contributed by atoms with Crippen molar-refractivity contribution in [2.45, 2.75) is 17.5 Å². The molecular formula is C28H23Cl2FN2O3S. The molecule has 0 unspecified atom stereocenters. The molecule has 0 saturated carbocycles. The van der Waals surface area contributed by atoms with Gasteiger partial charge >= 0.3 is 0 Å². The molecule has 4 aromatic rings. The summed E-state index contributed by atoms with van der Waals surface area (Å²) in [6.07, 6.45) is 0. The number of benzene rings is 4. The number of sulfonamides is 1. The minimum Gasteiger partial charge on any atom is -0.344 e. The minimum absolute atomic E-state index is 0.0304. The van der Waals surface area contributed by atoms with Gasteiger partial charge in [0.1, 0.15) is 5.82 Å². The fourth-order valence-corrected chi connectivity index (χ4v) is 5.57. The van der Waals surface area contributed by atoms with Crippen molar-refractivity contribution in [2.75, 3.05) is 6.54 Å². The monoisotopic (exact) mass is 556 g/mol. The van der Waals surface area contributed by atoms with Gasteiger partial charge in [0.05, 0.1) is 17.5 Å². The Morgan fingerprint density at radius 3 is 1.92 bits per heavy atom. The Morgan fingerprint density at radius 2 is 1.38 bits per heavy atom. The summed E-state index contributed by atoms with van der Waals surface area (Å²) < 4.78 is 42.7. The van der Waals surface area contributed by atoms with E-state index in [2.05, 4.69) is 5.32 Å². The van der Waals surface area contributed by atoms with Crippen molar-refractivity contribution in [1.82, 2.24) is 9.62 Å². The summed E-state index contributed by atoms with van der Waals surface area (Å²) in [5.41, 5.74) is 1.62. The Kier molecular flexibility index (Phi) is 8.61. The number of hydrogen-bond acceptors (Lipinski definition) is 3. The molecule has 4 rings (SSSR count). The van der Waals surface area contributed by atoms with Gasteiger partial charge in [-0.25, -0.2) is 12.8 Å². The van der Waals surface area contributed by atoms with Crippen LogP contribution in [0.2, 0.25) is 10.0 Å².